The van der Waals surface area contributed by atoms with Crippen LogP contribution >= 0.6 is 11.6 Å². The van der Waals surface area contributed by atoms with Crippen LogP contribution in [0.5, 0.6) is 0 Å². The Morgan fingerprint density at radius 2 is 1.71 bits per heavy atom. The van der Waals surface area contributed by atoms with E-state index in [9.17, 15) is 19.2 Å². The van der Waals surface area contributed by atoms with Gasteiger partial charge in [0.15, 0.2) is 5.78 Å². The summed E-state index contributed by atoms with van der Waals surface area (Å²) < 4.78 is 5.14. The van der Waals surface area contributed by atoms with Gasteiger partial charge in [0.1, 0.15) is 0 Å². The Balaban J connectivity index is 2.01. The number of benzene rings is 1. The predicted molar refractivity (Wildman–Crippen MR) is 85.7 cm³/mol. The van der Waals surface area contributed by atoms with Crippen LogP contribution in [0.2, 0.25) is 5.02 Å². The van der Waals surface area contributed by atoms with Crippen LogP contribution in [0, 0.1) is 0 Å². The lowest BCUT2D eigenvalue weighted by atomic mass is 10.1. The maximum Gasteiger partial charge on any atom is 0.334 e. The second-order valence-corrected chi connectivity index (χ2v) is 5.55. The van der Waals surface area contributed by atoms with Crippen molar-refractivity contribution in [2.24, 2.45) is 0 Å². The van der Waals surface area contributed by atoms with Crippen LogP contribution in [0.4, 0.5) is 4.79 Å². The monoisotopic (exact) mass is 352 g/mol. The lowest BCUT2D eigenvalue weighted by Crippen LogP contribution is -2.37. The molecule has 1 aliphatic rings. The number of ketones is 1. The van der Waals surface area contributed by atoms with E-state index in [0.29, 0.717) is 35.1 Å². The molecule has 4 amide bonds. The lowest BCUT2D eigenvalue weighted by Gasteiger charge is -2.15. The van der Waals surface area contributed by atoms with E-state index >= 15 is 0 Å². The van der Waals surface area contributed by atoms with Crippen molar-refractivity contribution < 1.29 is 23.9 Å². The van der Waals surface area contributed by atoms with Crippen LogP contribution in [0.3, 0.4) is 0 Å². The number of carbonyl (C=O) groups is 4. The molecule has 8 heteroatoms. The average Bonchev–Trinajstić information content (AvgIpc) is 2.76. The Bertz CT molecular complexity index is 659. The van der Waals surface area contributed by atoms with Crippen molar-refractivity contribution in [3.63, 3.8) is 0 Å². The number of hydrogen-bond donors (Lipinski definition) is 0. The van der Waals surface area contributed by atoms with Gasteiger partial charge >= 0.3 is 17.8 Å². The zero-order valence-corrected chi connectivity index (χ0v) is 13.9. The van der Waals surface area contributed by atoms with Gasteiger partial charge in [-0.25, -0.2) is 9.69 Å². The van der Waals surface area contributed by atoms with E-state index in [2.05, 4.69) is 0 Å². The first kappa shape index (κ1) is 18.1. The van der Waals surface area contributed by atoms with Crippen molar-refractivity contribution in [2.75, 3.05) is 26.3 Å². The molecule has 0 atom stereocenters. The number of hydrogen-bond acceptors (Lipinski definition) is 5. The van der Waals surface area contributed by atoms with Crippen LogP contribution in [-0.4, -0.2) is 59.7 Å². The summed E-state index contributed by atoms with van der Waals surface area (Å²) in [5, 5.41) is 0.468. The summed E-state index contributed by atoms with van der Waals surface area (Å²) >= 11 is 5.75. The molecule has 0 radical (unpaired) electrons. The molecule has 24 heavy (non-hydrogen) atoms. The normalized spacial score (nSPS) is 14.7. The SMILES string of the molecule is CCOCCCN1C(=O)C(=O)N(CC(=O)c2ccc(Cl)cc2)C1=O. The minimum atomic E-state index is -0.987. The fourth-order valence-corrected chi connectivity index (χ4v) is 2.35. The molecular weight excluding hydrogens is 336 g/mol. The summed E-state index contributed by atoms with van der Waals surface area (Å²) in [5.41, 5.74) is 0.308. The maximum absolute atomic E-state index is 12.2. The zero-order chi connectivity index (χ0) is 17.7. The highest BCUT2D eigenvalue weighted by Gasteiger charge is 2.44. The van der Waals surface area contributed by atoms with Gasteiger partial charge in [-0.3, -0.25) is 19.3 Å². The van der Waals surface area contributed by atoms with E-state index in [-0.39, 0.29) is 6.54 Å². The Kier molecular flexibility index (Phi) is 6.05. The fourth-order valence-electron chi connectivity index (χ4n) is 2.23. The molecular formula is C16H17ClN2O5. The molecule has 1 heterocycles. The Morgan fingerprint density at radius 3 is 2.33 bits per heavy atom. The highest BCUT2D eigenvalue weighted by atomic mass is 35.5. The quantitative estimate of drug-likeness (QED) is 0.308. The zero-order valence-electron chi connectivity index (χ0n) is 13.2. The van der Waals surface area contributed by atoms with E-state index < -0.39 is 30.2 Å². The molecule has 1 aliphatic heterocycles. The molecule has 2 rings (SSSR count). The number of Topliss-reactive ketones (excluding diaryl/α,β-unsaturated/α-hetero) is 1. The number of carbonyl (C=O) groups excluding carboxylic acids is 4. The highest BCUT2D eigenvalue weighted by molar-refractivity contribution is 6.45. The van der Waals surface area contributed by atoms with Crippen molar-refractivity contribution in [3.05, 3.63) is 34.9 Å². The van der Waals surface area contributed by atoms with Crippen LogP contribution in [0.1, 0.15) is 23.7 Å². The third kappa shape index (κ3) is 3.98. The van der Waals surface area contributed by atoms with Crippen molar-refractivity contribution in [3.8, 4) is 0 Å². The van der Waals surface area contributed by atoms with Crippen molar-refractivity contribution >= 4 is 35.2 Å². The topological polar surface area (TPSA) is 84.0 Å². The Labute approximate surface area is 144 Å². The van der Waals surface area contributed by atoms with Crippen molar-refractivity contribution in [1.29, 1.82) is 0 Å². The summed E-state index contributed by atoms with van der Waals surface area (Å²) in [6.45, 7) is 2.34. The molecule has 0 spiro atoms. The fraction of sp³-hybridized carbons (Fsp3) is 0.375. The first-order valence-electron chi connectivity index (χ1n) is 7.49. The van der Waals surface area contributed by atoms with Crippen LogP contribution in [0.15, 0.2) is 24.3 Å². The molecule has 0 bridgehead atoms. The minimum Gasteiger partial charge on any atom is -0.382 e. The predicted octanol–water partition coefficient (Wildman–Crippen LogP) is 1.74. The summed E-state index contributed by atoms with van der Waals surface area (Å²) in [7, 11) is 0. The number of ether oxygens (including phenoxy) is 1. The van der Waals surface area contributed by atoms with Gasteiger partial charge in [0.2, 0.25) is 0 Å². The molecule has 0 N–H and O–H groups in total. The molecule has 128 valence electrons. The van der Waals surface area contributed by atoms with Gasteiger partial charge < -0.3 is 4.74 Å². The lowest BCUT2D eigenvalue weighted by molar-refractivity contribution is -0.143. The summed E-state index contributed by atoms with van der Waals surface area (Å²) in [6, 6.07) is 5.29. The van der Waals surface area contributed by atoms with E-state index in [0.717, 1.165) is 4.90 Å². The highest BCUT2D eigenvalue weighted by Crippen LogP contribution is 2.15. The maximum atomic E-state index is 12.2. The van der Waals surface area contributed by atoms with Crippen LogP contribution < -0.4 is 0 Å². The van der Waals surface area contributed by atoms with Gasteiger partial charge in [-0.2, -0.15) is 0 Å². The first-order valence-corrected chi connectivity index (χ1v) is 7.87. The summed E-state index contributed by atoms with van der Waals surface area (Å²) in [5.74, 6) is -2.35. The first-order chi connectivity index (χ1) is 11.5. The molecule has 1 saturated heterocycles. The number of rotatable bonds is 8. The van der Waals surface area contributed by atoms with E-state index in [4.69, 9.17) is 16.3 Å². The molecule has 0 saturated carbocycles. The van der Waals surface area contributed by atoms with Crippen LogP contribution in [-0.2, 0) is 14.3 Å². The molecule has 0 aliphatic carbocycles. The van der Waals surface area contributed by atoms with Gasteiger partial charge in [0, 0.05) is 30.3 Å². The largest absolute Gasteiger partial charge is 0.382 e. The van der Waals surface area contributed by atoms with E-state index in [1.807, 2.05) is 6.92 Å². The van der Waals surface area contributed by atoms with E-state index in [1.54, 1.807) is 0 Å². The van der Waals surface area contributed by atoms with Gasteiger partial charge in [0.05, 0.1) is 6.54 Å². The average molecular weight is 353 g/mol. The Hall–Kier alpha value is -2.25. The van der Waals surface area contributed by atoms with Gasteiger partial charge in [0.25, 0.3) is 0 Å². The molecule has 1 aromatic rings. The van der Waals surface area contributed by atoms with Gasteiger partial charge in [-0.1, -0.05) is 11.6 Å². The minimum absolute atomic E-state index is 0.0784. The Morgan fingerprint density at radius 1 is 1.08 bits per heavy atom. The van der Waals surface area contributed by atoms with Gasteiger partial charge in [-0.05, 0) is 37.6 Å². The molecule has 1 aromatic carbocycles. The van der Waals surface area contributed by atoms with E-state index in [1.165, 1.54) is 24.3 Å². The van der Waals surface area contributed by atoms with Crippen molar-refractivity contribution in [2.45, 2.75) is 13.3 Å². The molecule has 1 fully saturated rings. The number of halogens is 1. The van der Waals surface area contributed by atoms with Crippen molar-refractivity contribution in [1.82, 2.24) is 9.80 Å². The summed E-state index contributed by atoms with van der Waals surface area (Å²) in [6.07, 6.45) is 0.428. The number of nitrogens with zero attached hydrogens (tertiary/aromatic N) is 2. The number of amides is 4. The number of urea groups is 1. The molecule has 0 unspecified atom stereocenters. The summed E-state index contributed by atoms with van der Waals surface area (Å²) in [4.78, 5) is 49.7. The smallest absolute Gasteiger partial charge is 0.334 e. The molecule has 0 aromatic heterocycles. The number of imide groups is 2. The third-order valence-corrected chi connectivity index (χ3v) is 3.73. The van der Waals surface area contributed by atoms with Crippen LogP contribution in [0.25, 0.3) is 0 Å². The second kappa shape index (κ2) is 8.03. The van der Waals surface area contributed by atoms with Gasteiger partial charge in [-0.15, -0.1) is 0 Å². The standard InChI is InChI=1S/C16H17ClN2O5/c1-2-24-9-3-8-18-14(21)15(22)19(16(18)23)10-13(20)11-4-6-12(17)7-5-11/h4-7H,2-3,8-10H2,1H3. The second-order valence-electron chi connectivity index (χ2n) is 5.11. The third-order valence-electron chi connectivity index (χ3n) is 3.48. The molecule has 7 nitrogen and oxygen atoms in total.